The number of piperazine rings is 1. The van der Waals surface area contributed by atoms with Crippen LogP contribution in [0.4, 0.5) is 5.95 Å². The number of rotatable bonds is 3. The summed E-state index contributed by atoms with van der Waals surface area (Å²) < 4.78 is 0. The summed E-state index contributed by atoms with van der Waals surface area (Å²) in [6.45, 7) is 2.63. The fourth-order valence-corrected chi connectivity index (χ4v) is 3.15. The van der Waals surface area contributed by atoms with E-state index in [1.165, 1.54) is 0 Å². The summed E-state index contributed by atoms with van der Waals surface area (Å²) >= 11 is 6.02. The Morgan fingerprint density at radius 3 is 2.54 bits per heavy atom. The van der Waals surface area contributed by atoms with Gasteiger partial charge in [-0.25, -0.2) is 9.97 Å². The third-order valence-electron chi connectivity index (χ3n) is 4.33. The van der Waals surface area contributed by atoms with Gasteiger partial charge in [-0.2, -0.15) is 5.10 Å². The van der Waals surface area contributed by atoms with E-state index in [0.717, 1.165) is 5.56 Å². The number of amides is 1. The Bertz CT molecular complexity index is 905. The summed E-state index contributed by atoms with van der Waals surface area (Å²) in [5, 5.41) is 7.72. The molecule has 1 N–H and O–H groups in total. The standard InChI is InChI=1S/C18H17ClN6O/c19-14-4-1-3-13(11-14)15-12-16(23-22-15)17(26)24-7-9-25(10-8-24)18-20-5-2-6-21-18/h1-6,11-12H,7-10H2,(H,22,23). The monoisotopic (exact) mass is 368 g/mol. The number of H-pyrrole nitrogens is 1. The predicted molar refractivity (Wildman–Crippen MR) is 99.2 cm³/mol. The van der Waals surface area contributed by atoms with Crippen LogP contribution < -0.4 is 4.90 Å². The van der Waals surface area contributed by atoms with Gasteiger partial charge in [-0.15, -0.1) is 0 Å². The Morgan fingerprint density at radius 1 is 1.04 bits per heavy atom. The van der Waals surface area contributed by atoms with Crippen LogP contribution in [0, 0.1) is 0 Å². The molecule has 0 bridgehead atoms. The van der Waals surface area contributed by atoms with Crippen molar-refractivity contribution in [1.82, 2.24) is 25.1 Å². The number of hydrogen-bond donors (Lipinski definition) is 1. The molecular formula is C18H17ClN6O. The molecule has 0 radical (unpaired) electrons. The second-order valence-corrected chi connectivity index (χ2v) is 6.44. The second-order valence-electron chi connectivity index (χ2n) is 6.01. The number of nitrogens with one attached hydrogen (secondary N) is 1. The van der Waals surface area contributed by atoms with E-state index in [1.54, 1.807) is 30.6 Å². The predicted octanol–water partition coefficient (Wildman–Crippen LogP) is 2.48. The Kier molecular flexibility index (Phi) is 4.53. The molecular weight excluding hydrogens is 352 g/mol. The van der Waals surface area contributed by atoms with Crippen LogP contribution in [0.1, 0.15) is 10.5 Å². The van der Waals surface area contributed by atoms with E-state index >= 15 is 0 Å². The first-order valence-corrected chi connectivity index (χ1v) is 8.71. The summed E-state index contributed by atoms with van der Waals surface area (Å²) in [7, 11) is 0. The molecule has 0 unspecified atom stereocenters. The van der Waals surface area contributed by atoms with Crippen molar-refractivity contribution in [3.05, 3.63) is 59.5 Å². The van der Waals surface area contributed by atoms with Crippen molar-refractivity contribution in [3.63, 3.8) is 0 Å². The van der Waals surface area contributed by atoms with Crippen molar-refractivity contribution in [2.45, 2.75) is 0 Å². The van der Waals surface area contributed by atoms with Crippen LogP contribution in [0.15, 0.2) is 48.8 Å². The molecule has 1 amide bonds. The fourth-order valence-electron chi connectivity index (χ4n) is 2.96. The Morgan fingerprint density at radius 2 is 1.81 bits per heavy atom. The average Bonchev–Trinajstić information content (AvgIpc) is 3.18. The minimum atomic E-state index is -0.0561. The molecule has 8 heteroatoms. The molecule has 1 aromatic carbocycles. The van der Waals surface area contributed by atoms with Crippen LogP contribution >= 0.6 is 11.6 Å². The van der Waals surface area contributed by atoms with Crippen LogP contribution in [0.3, 0.4) is 0 Å². The lowest BCUT2D eigenvalue weighted by Gasteiger charge is -2.34. The van der Waals surface area contributed by atoms with Gasteiger partial charge in [0.05, 0.1) is 5.69 Å². The number of anilines is 1. The lowest BCUT2D eigenvalue weighted by Crippen LogP contribution is -2.49. The van der Waals surface area contributed by atoms with Crippen LogP contribution in [-0.2, 0) is 0 Å². The van der Waals surface area contributed by atoms with Crippen molar-refractivity contribution < 1.29 is 4.79 Å². The van der Waals surface area contributed by atoms with Crippen molar-refractivity contribution in [2.24, 2.45) is 0 Å². The summed E-state index contributed by atoms with van der Waals surface area (Å²) in [5.74, 6) is 0.642. The molecule has 26 heavy (non-hydrogen) atoms. The van der Waals surface area contributed by atoms with Gasteiger partial charge in [0.15, 0.2) is 0 Å². The van der Waals surface area contributed by atoms with E-state index in [0.29, 0.717) is 48.5 Å². The Balaban J connectivity index is 1.43. The van der Waals surface area contributed by atoms with Gasteiger partial charge in [0, 0.05) is 49.2 Å². The van der Waals surface area contributed by atoms with Gasteiger partial charge in [0.25, 0.3) is 5.91 Å². The number of benzene rings is 1. The van der Waals surface area contributed by atoms with Crippen molar-refractivity contribution in [2.75, 3.05) is 31.1 Å². The third kappa shape index (κ3) is 3.39. The zero-order valence-electron chi connectivity index (χ0n) is 14.0. The molecule has 3 heterocycles. The van der Waals surface area contributed by atoms with Gasteiger partial charge in [0.2, 0.25) is 5.95 Å². The van der Waals surface area contributed by atoms with Gasteiger partial charge in [-0.3, -0.25) is 9.89 Å². The molecule has 3 aromatic rings. The maximum absolute atomic E-state index is 12.7. The highest BCUT2D eigenvalue weighted by Gasteiger charge is 2.24. The van der Waals surface area contributed by atoms with Crippen molar-refractivity contribution in [1.29, 1.82) is 0 Å². The fraction of sp³-hybridized carbons (Fsp3) is 0.222. The third-order valence-corrected chi connectivity index (χ3v) is 4.57. The van der Waals surface area contributed by atoms with E-state index in [9.17, 15) is 4.79 Å². The van der Waals surface area contributed by atoms with Crippen LogP contribution in [0.2, 0.25) is 5.02 Å². The van der Waals surface area contributed by atoms with E-state index < -0.39 is 0 Å². The summed E-state index contributed by atoms with van der Waals surface area (Å²) in [6, 6.07) is 11.0. The highest BCUT2D eigenvalue weighted by Crippen LogP contribution is 2.22. The molecule has 1 aliphatic rings. The summed E-state index contributed by atoms with van der Waals surface area (Å²) in [4.78, 5) is 25.1. The molecule has 0 saturated carbocycles. The first-order valence-electron chi connectivity index (χ1n) is 8.33. The molecule has 4 rings (SSSR count). The first-order chi connectivity index (χ1) is 12.7. The molecule has 2 aromatic heterocycles. The number of hydrogen-bond acceptors (Lipinski definition) is 5. The molecule has 1 fully saturated rings. The SMILES string of the molecule is O=C(c1cc(-c2cccc(Cl)c2)n[nH]1)N1CCN(c2ncccn2)CC1. The zero-order valence-corrected chi connectivity index (χ0v) is 14.7. The smallest absolute Gasteiger partial charge is 0.272 e. The Hall–Kier alpha value is -2.93. The minimum absolute atomic E-state index is 0.0561. The summed E-state index contributed by atoms with van der Waals surface area (Å²) in [5.41, 5.74) is 2.05. The highest BCUT2D eigenvalue weighted by atomic mass is 35.5. The maximum atomic E-state index is 12.7. The van der Waals surface area contributed by atoms with Gasteiger partial charge in [-0.1, -0.05) is 23.7 Å². The highest BCUT2D eigenvalue weighted by molar-refractivity contribution is 6.30. The maximum Gasteiger partial charge on any atom is 0.272 e. The molecule has 1 saturated heterocycles. The van der Waals surface area contributed by atoms with Crippen LogP contribution in [0.25, 0.3) is 11.3 Å². The Labute approximate surface area is 155 Å². The van der Waals surface area contributed by atoms with Gasteiger partial charge in [0.1, 0.15) is 5.69 Å². The average molecular weight is 369 g/mol. The molecule has 0 aliphatic carbocycles. The van der Waals surface area contributed by atoms with E-state index in [1.807, 2.05) is 23.1 Å². The summed E-state index contributed by atoms with van der Waals surface area (Å²) in [6.07, 6.45) is 3.45. The topological polar surface area (TPSA) is 78.0 Å². The number of halogens is 1. The van der Waals surface area contributed by atoms with Gasteiger partial charge >= 0.3 is 0 Å². The first kappa shape index (κ1) is 16.5. The number of nitrogens with zero attached hydrogens (tertiary/aromatic N) is 5. The number of aromatic amines is 1. The lowest BCUT2D eigenvalue weighted by atomic mass is 10.1. The largest absolute Gasteiger partial charge is 0.337 e. The normalized spacial score (nSPS) is 14.5. The molecule has 132 valence electrons. The van der Waals surface area contributed by atoms with E-state index in [2.05, 4.69) is 25.1 Å². The second kappa shape index (κ2) is 7.13. The van der Waals surface area contributed by atoms with Gasteiger partial charge in [-0.05, 0) is 24.3 Å². The molecule has 1 aliphatic heterocycles. The van der Waals surface area contributed by atoms with E-state index in [-0.39, 0.29) is 5.91 Å². The molecule has 0 atom stereocenters. The quantitative estimate of drug-likeness (QED) is 0.768. The van der Waals surface area contributed by atoms with Crippen LogP contribution in [-0.4, -0.2) is 57.2 Å². The number of carbonyl (C=O) groups is 1. The number of carbonyl (C=O) groups excluding carboxylic acids is 1. The van der Waals surface area contributed by atoms with E-state index in [4.69, 9.17) is 11.6 Å². The molecule has 0 spiro atoms. The van der Waals surface area contributed by atoms with Crippen molar-refractivity contribution >= 4 is 23.5 Å². The number of aromatic nitrogens is 4. The van der Waals surface area contributed by atoms with Crippen molar-refractivity contribution in [3.8, 4) is 11.3 Å². The van der Waals surface area contributed by atoms with Gasteiger partial charge < -0.3 is 9.80 Å². The molecule has 7 nitrogen and oxygen atoms in total. The van der Waals surface area contributed by atoms with Crippen LogP contribution in [0.5, 0.6) is 0 Å². The lowest BCUT2D eigenvalue weighted by molar-refractivity contribution is 0.0740. The minimum Gasteiger partial charge on any atom is -0.337 e. The zero-order chi connectivity index (χ0) is 17.9.